The van der Waals surface area contributed by atoms with Crippen LogP contribution in [-0.2, 0) is 0 Å². The van der Waals surface area contributed by atoms with Crippen molar-refractivity contribution >= 4 is 5.91 Å². The van der Waals surface area contributed by atoms with E-state index in [4.69, 9.17) is 5.10 Å². The van der Waals surface area contributed by atoms with Crippen LogP contribution in [0.3, 0.4) is 0 Å². The van der Waals surface area contributed by atoms with Gasteiger partial charge >= 0.3 is 0 Å². The van der Waals surface area contributed by atoms with Crippen LogP contribution < -0.4 is 0 Å². The summed E-state index contributed by atoms with van der Waals surface area (Å²) in [6.45, 7) is 9.92. The van der Waals surface area contributed by atoms with Crippen molar-refractivity contribution in [3.8, 4) is 16.9 Å². The largest absolute Gasteiger partial charge is 0.335 e. The van der Waals surface area contributed by atoms with Gasteiger partial charge in [-0.05, 0) is 67.3 Å². The van der Waals surface area contributed by atoms with Gasteiger partial charge in [-0.1, -0.05) is 51.1 Å². The van der Waals surface area contributed by atoms with Crippen molar-refractivity contribution < 1.29 is 4.79 Å². The van der Waals surface area contributed by atoms with Crippen molar-refractivity contribution in [1.29, 1.82) is 0 Å². The molecule has 2 fully saturated rings. The van der Waals surface area contributed by atoms with E-state index in [1.54, 1.807) is 0 Å². The zero-order chi connectivity index (χ0) is 21.8. The molecule has 2 bridgehead atoms. The molecule has 2 heterocycles. The Morgan fingerprint density at radius 2 is 1.71 bits per heavy atom. The van der Waals surface area contributed by atoms with Crippen LogP contribution in [0.1, 0.15) is 56.1 Å². The van der Waals surface area contributed by atoms with Gasteiger partial charge in [-0.2, -0.15) is 5.10 Å². The Morgan fingerprint density at radius 3 is 2.42 bits per heavy atom. The monoisotopic (exact) mass is 413 g/mol. The molecule has 2 aliphatic rings. The molecule has 4 heteroatoms. The lowest BCUT2D eigenvalue weighted by Crippen LogP contribution is -2.37. The van der Waals surface area contributed by atoms with E-state index in [-0.39, 0.29) is 11.3 Å². The molecular formula is C27H31N3O. The molecule has 3 aromatic rings. The summed E-state index contributed by atoms with van der Waals surface area (Å²) in [5.74, 6) is 0.165. The second kappa shape index (κ2) is 7.08. The standard InChI is InChI=1S/C27H31N3O/c1-19-14-24(20-8-6-5-7-9-20)30(28-19)22-12-10-21(11-13-22)25(31)29-18-27(4)16-23(29)15-26(2,3)17-27/h5-14,23H,15-18H2,1-4H3. The third kappa shape index (κ3) is 3.69. The average Bonchev–Trinajstić information content (AvgIpc) is 3.24. The Bertz CT molecular complexity index is 1110. The Balaban J connectivity index is 1.41. The molecule has 1 aliphatic carbocycles. The Kier molecular flexibility index (Phi) is 4.58. The van der Waals surface area contributed by atoms with E-state index in [0.717, 1.165) is 47.6 Å². The minimum absolute atomic E-state index is 0.165. The van der Waals surface area contributed by atoms with E-state index < -0.39 is 0 Å². The van der Waals surface area contributed by atoms with Gasteiger partial charge in [0.25, 0.3) is 5.91 Å². The minimum Gasteiger partial charge on any atom is -0.335 e. The lowest BCUT2D eigenvalue weighted by Gasteiger charge is -2.39. The number of benzene rings is 2. The lowest BCUT2D eigenvalue weighted by molar-refractivity contribution is 0.0708. The maximum Gasteiger partial charge on any atom is 0.254 e. The zero-order valence-electron chi connectivity index (χ0n) is 18.9. The molecule has 0 spiro atoms. The molecule has 2 atom stereocenters. The summed E-state index contributed by atoms with van der Waals surface area (Å²) in [5.41, 5.74) is 5.45. The number of hydrogen-bond acceptors (Lipinski definition) is 2. The first-order chi connectivity index (χ1) is 14.7. The van der Waals surface area contributed by atoms with Crippen LogP contribution in [-0.4, -0.2) is 33.2 Å². The molecule has 0 N–H and O–H groups in total. The number of carbonyl (C=O) groups is 1. The molecule has 1 saturated carbocycles. The van der Waals surface area contributed by atoms with Gasteiger partial charge in [0, 0.05) is 23.7 Å². The van der Waals surface area contributed by atoms with Gasteiger partial charge in [0.05, 0.1) is 17.1 Å². The van der Waals surface area contributed by atoms with Gasteiger partial charge in [0.15, 0.2) is 0 Å². The molecular weight excluding hydrogens is 382 g/mol. The van der Waals surface area contributed by atoms with E-state index >= 15 is 0 Å². The highest BCUT2D eigenvalue weighted by molar-refractivity contribution is 5.95. The topological polar surface area (TPSA) is 38.1 Å². The molecule has 0 radical (unpaired) electrons. The van der Waals surface area contributed by atoms with Crippen molar-refractivity contribution in [2.24, 2.45) is 10.8 Å². The first-order valence-corrected chi connectivity index (χ1v) is 11.3. The summed E-state index contributed by atoms with van der Waals surface area (Å²) in [7, 11) is 0. The van der Waals surface area contributed by atoms with E-state index in [0.29, 0.717) is 11.5 Å². The van der Waals surface area contributed by atoms with Crippen molar-refractivity contribution in [3.63, 3.8) is 0 Å². The quantitative estimate of drug-likeness (QED) is 0.537. The first-order valence-electron chi connectivity index (χ1n) is 11.3. The van der Waals surface area contributed by atoms with Gasteiger partial charge in [-0.3, -0.25) is 4.79 Å². The van der Waals surface area contributed by atoms with E-state index in [2.05, 4.69) is 43.9 Å². The summed E-state index contributed by atoms with van der Waals surface area (Å²) >= 11 is 0. The molecule has 1 saturated heterocycles. The summed E-state index contributed by atoms with van der Waals surface area (Å²) in [4.78, 5) is 15.5. The number of aryl methyl sites for hydroxylation is 1. The Hall–Kier alpha value is -2.88. The van der Waals surface area contributed by atoms with Crippen LogP contribution in [0.2, 0.25) is 0 Å². The number of rotatable bonds is 3. The molecule has 2 aromatic carbocycles. The molecule has 1 amide bonds. The molecule has 4 nitrogen and oxygen atoms in total. The minimum atomic E-state index is 0.165. The second-order valence-corrected chi connectivity index (χ2v) is 10.6. The number of amides is 1. The van der Waals surface area contributed by atoms with E-state index in [1.165, 1.54) is 6.42 Å². The third-order valence-corrected chi connectivity index (χ3v) is 6.94. The van der Waals surface area contributed by atoms with Gasteiger partial charge < -0.3 is 4.90 Å². The number of aromatic nitrogens is 2. The van der Waals surface area contributed by atoms with Crippen LogP contribution in [0.25, 0.3) is 16.9 Å². The predicted molar refractivity (Wildman–Crippen MR) is 124 cm³/mol. The molecule has 1 aliphatic heterocycles. The second-order valence-electron chi connectivity index (χ2n) is 10.6. The Labute approximate surface area is 184 Å². The first kappa shape index (κ1) is 20.0. The number of hydrogen-bond donors (Lipinski definition) is 0. The van der Waals surface area contributed by atoms with Crippen LogP contribution in [0.4, 0.5) is 0 Å². The fourth-order valence-corrected chi connectivity index (χ4v) is 6.12. The van der Waals surface area contributed by atoms with Gasteiger partial charge in [-0.25, -0.2) is 4.68 Å². The van der Waals surface area contributed by atoms with Crippen LogP contribution in [0.15, 0.2) is 60.7 Å². The average molecular weight is 414 g/mol. The fraction of sp³-hybridized carbons (Fsp3) is 0.407. The highest BCUT2D eigenvalue weighted by atomic mass is 16.2. The summed E-state index contributed by atoms with van der Waals surface area (Å²) in [6.07, 6.45) is 3.42. The van der Waals surface area contributed by atoms with Crippen molar-refractivity contribution in [1.82, 2.24) is 14.7 Å². The smallest absolute Gasteiger partial charge is 0.254 e. The molecule has 31 heavy (non-hydrogen) atoms. The van der Waals surface area contributed by atoms with Crippen LogP contribution in [0.5, 0.6) is 0 Å². The Morgan fingerprint density at radius 1 is 1.00 bits per heavy atom. The summed E-state index contributed by atoms with van der Waals surface area (Å²) in [6, 6.07) is 20.7. The van der Waals surface area contributed by atoms with Crippen molar-refractivity contribution in [2.45, 2.75) is 53.0 Å². The normalized spacial score (nSPS) is 24.4. The van der Waals surface area contributed by atoms with Crippen LogP contribution in [0, 0.1) is 17.8 Å². The molecule has 1 aromatic heterocycles. The molecule has 160 valence electrons. The number of likely N-dealkylation sites (tertiary alicyclic amines) is 1. The van der Waals surface area contributed by atoms with E-state index in [1.807, 2.05) is 54.1 Å². The summed E-state index contributed by atoms with van der Waals surface area (Å²) < 4.78 is 1.96. The maximum absolute atomic E-state index is 13.4. The maximum atomic E-state index is 13.4. The van der Waals surface area contributed by atoms with Gasteiger partial charge in [-0.15, -0.1) is 0 Å². The summed E-state index contributed by atoms with van der Waals surface area (Å²) in [5, 5.41) is 4.70. The lowest BCUT2D eigenvalue weighted by atomic mass is 9.65. The highest BCUT2D eigenvalue weighted by Gasteiger charge is 2.51. The SMILES string of the molecule is Cc1cc(-c2ccccc2)n(-c2ccc(C(=O)N3CC4(C)CC3CC(C)(C)C4)cc2)n1. The van der Waals surface area contributed by atoms with Crippen LogP contribution >= 0.6 is 0 Å². The van der Waals surface area contributed by atoms with E-state index in [9.17, 15) is 4.79 Å². The van der Waals surface area contributed by atoms with Crippen molar-refractivity contribution in [3.05, 3.63) is 71.9 Å². The molecule has 2 unspecified atom stereocenters. The van der Waals surface area contributed by atoms with Gasteiger partial charge in [0.1, 0.15) is 0 Å². The third-order valence-electron chi connectivity index (χ3n) is 6.94. The van der Waals surface area contributed by atoms with Crippen molar-refractivity contribution in [2.75, 3.05) is 6.54 Å². The van der Waals surface area contributed by atoms with Gasteiger partial charge in [0.2, 0.25) is 0 Å². The number of carbonyl (C=O) groups excluding carboxylic acids is 1. The fourth-order valence-electron chi connectivity index (χ4n) is 6.12. The number of nitrogens with zero attached hydrogens (tertiary/aromatic N) is 3. The number of fused-ring (bicyclic) bond motifs is 2. The zero-order valence-corrected chi connectivity index (χ0v) is 18.9. The molecule has 5 rings (SSSR count). The predicted octanol–water partition coefficient (Wildman–Crippen LogP) is 5.89. The highest BCUT2D eigenvalue weighted by Crippen LogP contribution is 2.52.